The zero-order chi connectivity index (χ0) is 18.1. The number of halogens is 1. The van der Waals surface area contributed by atoms with Crippen LogP contribution in [0.15, 0.2) is 30.3 Å². The Morgan fingerprint density at radius 2 is 2.00 bits per heavy atom. The van der Waals surface area contributed by atoms with Gasteiger partial charge in [0.1, 0.15) is 5.69 Å². The molecule has 0 aliphatic carbocycles. The Kier molecular flexibility index (Phi) is 7.67. The van der Waals surface area contributed by atoms with Gasteiger partial charge in [0.25, 0.3) is 5.91 Å². The molecule has 0 spiro atoms. The minimum Gasteiger partial charge on any atom is -0.354 e. The number of unbranched alkanes of at least 4 members (excludes halogenated alkanes) is 2. The molecule has 1 heterocycles. The molecule has 1 aromatic heterocycles. The number of carbonyl (C=O) groups is 1. The highest BCUT2D eigenvalue weighted by molar-refractivity contribution is 6.30. The molecule has 2 rings (SSSR count). The summed E-state index contributed by atoms with van der Waals surface area (Å²) in [7, 11) is 0. The van der Waals surface area contributed by atoms with Crippen LogP contribution in [0.25, 0.3) is 0 Å². The molecule has 25 heavy (non-hydrogen) atoms. The van der Waals surface area contributed by atoms with E-state index in [1.54, 1.807) is 6.07 Å². The standard InChI is InChI=1S/C19H25ClN4O/c1-3-4-5-10-22-19-23-14(2)12-17(24-19)18(25)21-11-9-15-7-6-8-16(20)13-15/h6-8,12-13H,3-5,9-11H2,1-2H3,(H,21,25)(H,22,23,24). The van der Waals surface area contributed by atoms with Gasteiger partial charge in [-0.2, -0.15) is 0 Å². The predicted octanol–water partition coefficient (Wildman–Crippen LogP) is 4.01. The van der Waals surface area contributed by atoms with E-state index in [4.69, 9.17) is 11.6 Å². The van der Waals surface area contributed by atoms with Gasteiger partial charge in [0.15, 0.2) is 0 Å². The monoisotopic (exact) mass is 360 g/mol. The molecule has 0 atom stereocenters. The van der Waals surface area contributed by atoms with Crippen LogP contribution >= 0.6 is 11.6 Å². The second-order valence-electron chi connectivity index (χ2n) is 5.99. The maximum absolute atomic E-state index is 12.3. The van der Waals surface area contributed by atoms with Crippen LogP contribution in [-0.2, 0) is 6.42 Å². The van der Waals surface area contributed by atoms with Crippen LogP contribution in [0.2, 0.25) is 5.02 Å². The molecule has 0 fully saturated rings. The summed E-state index contributed by atoms with van der Waals surface area (Å²) >= 11 is 5.97. The maximum atomic E-state index is 12.3. The fraction of sp³-hybridized carbons (Fsp3) is 0.421. The third kappa shape index (κ3) is 6.70. The third-order valence-electron chi connectivity index (χ3n) is 3.74. The zero-order valence-corrected chi connectivity index (χ0v) is 15.6. The quantitative estimate of drug-likeness (QED) is 0.663. The van der Waals surface area contributed by atoms with Crippen LogP contribution in [0.3, 0.4) is 0 Å². The Balaban J connectivity index is 1.88. The lowest BCUT2D eigenvalue weighted by atomic mass is 10.1. The van der Waals surface area contributed by atoms with Crippen LogP contribution < -0.4 is 10.6 Å². The Morgan fingerprint density at radius 3 is 2.76 bits per heavy atom. The first kappa shape index (κ1) is 19.2. The second kappa shape index (κ2) is 9.99. The molecule has 6 heteroatoms. The Bertz CT molecular complexity index is 706. The SMILES string of the molecule is CCCCCNc1nc(C)cc(C(=O)NCCc2cccc(Cl)c2)n1. The van der Waals surface area contributed by atoms with Crippen molar-refractivity contribution in [3.8, 4) is 0 Å². The van der Waals surface area contributed by atoms with E-state index in [-0.39, 0.29) is 5.91 Å². The van der Waals surface area contributed by atoms with E-state index >= 15 is 0 Å². The summed E-state index contributed by atoms with van der Waals surface area (Å²) in [5, 5.41) is 6.79. The van der Waals surface area contributed by atoms with E-state index in [1.807, 2.05) is 31.2 Å². The average molecular weight is 361 g/mol. The van der Waals surface area contributed by atoms with E-state index in [0.29, 0.717) is 23.2 Å². The average Bonchev–Trinajstić information content (AvgIpc) is 2.58. The minimum absolute atomic E-state index is 0.191. The summed E-state index contributed by atoms with van der Waals surface area (Å²) in [6.07, 6.45) is 4.11. The number of aryl methyl sites for hydroxylation is 1. The van der Waals surface area contributed by atoms with Crippen molar-refractivity contribution in [1.29, 1.82) is 0 Å². The third-order valence-corrected chi connectivity index (χ3v) is 3.97. The Labute approximate surface area is 154 Å². The molecule has 0 saturated heterocycles. The van der Waals surface area contributed by atoms with Crippen molar-refractivity contribution in [2.75, 3.05) is 18.4 Å². The second-order valence-corrected chi connectivity index (χ2v) is 6.42. The molecule has 2 N–H and O–H groups in total. The molecule has 2 aromatic rings. The van der Waals surface area contributed by atoms with Gasteiger partial charge in [-0.15, -0.1) is 0 Å². The number of aromatic nitrogens is 2. The lowest BCUT2D eigenvalue weighted by Gasteiger charge is -2.09. The number of anilines is 1. The number of benzene rings is 1. The van der Waals surface area contributed by atoms with Crippen molar-refractivity contribution in [2.45, 2.75) is 39.5 Å². The summed E-state index contributed by atoms with van der Waals surface area (Å²) in [6.45, 7) is 5.37. The molecular weight excluding hydrogens is 336 g/mol. The molecule has 1 aromatic carbocycles. The van der Waals surface area contributed by atoms with E-state index in [2.05, 4.69) is 27.5 Å². The summed E-state index contributed by atoms with van der Waals surface area (Å²) in [4.78, 5) is 21.0. The fourth-order valence-electron chi connectivity index (χ4n) is 2.44. The molecule has 5 nitrogen and oxygen atoms in total. The number of carbonyl (C=O) groups excluding carboxylic acids is 1. The van der Waals surface area contributed by atoms with E-state index < -0.39 is 0 Å². The van der Waals surface area contributed by atoms with Crippen molar-refractivity contribution in [2.24, 2.45) is 0 Å². The number of rotatable bonds is 9. The number of hydrogen-bond donors (Lipinski definition) is 2. The van der Waals surface area contributed by atoms with Crippen LogP contribution in [0.4, 0.5) is 5.95 Å². The summed E-state index contributed by atoms with van der Waals surface area (Å²) < 4.78 is 0. The van der Waals surface area contributed by atoms with Gasteiger partial charge < -0.3 is 10.6 Å². The highest BCUT2D eigenvalue weighted by Gasteiger charge is 2.10. The van der Waals surface area contributed by atoms with Crippen LogP contribution in [0.5, 0.6) is 0 Å². The smallest absolute Gasteiger partial charge is 0.270 e. The number of hydrogen-bond acceptors (Lipinski definition) is 4. The van der Waals surface area contributed by atoms with Crippen molar-refractivity contribution in [1.82, 2.24) is 15.3 Å². The van der Waals surface area contributed by atoms with Gasteiger partial charge in [0.2, 0.25) is 5.95 Å². The number of nitrogens with one attached hydrogen (secondary N) is 2. The molecule has 0 bridgehead atoms. The zero-order valence-electron chi connectivity index (χ0n) is 14.8. The van der Waals surface area contributed by atoms with Gasteiger partial charge in [-0.05, 0) is 43.5 Å². The molecule has 0 aliphatic rings. The number of amides is 1. The lowest BCUT2D eigenvalue weighted by molar-refractivity contribution is 0.0949. The molecule has 1 amide bonds. The van der Waals surface area contributed by atoms with Crippen molar-refractivity contribution >= 4 is 23.5 Å². The van der Waals surface area contributed by atoms with Crippen LogP contribution in [0, 0.1) is 6.92 Å². The first-order valence-corrected chi connectivity index (χ1v) is 9.08. The maximum Gasteiger partial charge on any atom is 0.270 e. The summed E-state index contributed by atoms with van der Waals surface area (Å²) in [5.41, 5.74) is 2.24. The topological polar surface area (TPSA) is 66.9 Å². The predicted molar refractivity (Wildman–Crippen MR) is 102 cm³/mol. The first-order valence-electron chi connectivity index (χ1n) is 8.70. The largest absolute Gasteiger partial charge is 0.354 e. The first-order chi connectivity index (χ1) is 12.1. The van der Waals surface area contributed by atoms with Gasteiger partial charge in [-0.25, -0.2) is 9.97 Å². The van der Waals surface area contributed by atoms with Gasteiger partial charge in [0.05, 0.1) is 0 Å². The Hall–Kier alpha value is -2.14. The molecule has 0 aliphatic heterocycles. The highest BCUT2D eigenvalue weighted by Crippen LogP contribution is 2.11. The molecule has 0 saturated carbocycles. The summed E-state index contributed by atoms with van der Waals surface area (Å²) in [6, 6.07) is 9.34. The van der Waals surface area contributed by atoms with E-state index in [1.165, 1.54) is 0 Å². The van der Waals surface area contributed by atoms with Crippen molar-refractivity contribution in [3.63, 3.8) is 0 Å². The molecular formula is C19H25ClN4O. The van der Waals surface area contributed by atoms with E-state index in [0.717, 1.165) is 43.5 Å². The van der Waals surface area contributed by atoms with E-state index in [9.17, 15) is 4.79 Å². The molecule has 134 valence electrons. The number of nitrogens with zero attached hydrogens (tertiary/aromatic N) is 2. The fourth-order valence-corrected chi connectivity index (χ4v) is 2.66. The highest BCUT2D eigenvalue weighted by atomic mass is 35.5. The lowest BCUT2D eigenvalue weighted by Crippen LogP contribution is -2.27. The van der Waals surface area contributed by atoms with Gasteiger partial charge in [0, 0.05) is 23.8 Å². The van der Waals surface area contributed by atoms with Gasteiger partial charge in [-0.3, -0.25) is 4.79 Å². The normalized spacial score (nSPS) is 10.5. The summed E-state index contributed by atoms with van der Waals surface area (Å²) in [5.74, 6) is 0.320. The van der Waals surface area contributed by atoms with Gasteiger partial charge in [-0.1, -0.05) is 43.5 Å². The Morgan fingerprint density at radius 1 is 1.16 bits per heavy atom. The van der Waals surface area contributed by atoms with Crippen molar-refractivity contribution < 1.29 is 4.79 Å². The molecule has 0 unspecified atom stereocenters. The van der Waals surface area contributed by atoms with Crippen molar-refractivity contribution in [3.05, 3.63) is 52.3 Å². The van der Waals surface area contributed by atoms with Crippen LogP contribution in [0.1, 0.15) is 47.9 Å². The van der Waals surface area contributed by atoms with Gasteiger partial charge >= 0.3 is 0 Å². The molecule has 0 radical (unpaired) electrons. The van der Waals surface area contributed by atoms with Crippen LogP contribution in [-0.4, -0.2) is 29.0 Å². The minimum atomic E-state index is -0.191.